The molecule has 6 heteroatoms. The fourth-order valence-electron chi connectivity index (χ4n) is 2.08. The van der Waals surface area contributed by atoms with Crippen molar-refractivity contribution in [2.24, 2.45) is 5.73 Å². The highest BCUT2D eigenvalue weighted by Gasteiger charge is 2.34. The second-order valence-electron chi connectivity index (χ2n) is 5.14. The molecule has 0 saturated carbocycles. The summed E-state index contributed by atoms with van der Waals surface area (Å²) in [5.41, 5.74) is 6.77. The first kappa shape index (κ1) is 19.2. The van der Waals surface area contributed by atoms with Gasteiger partial charge in [0.1, 0.15) is 17.3 Å². The van der Waals surface area contributed by atoms with E-state index in [1.807, 2.05) is 30.3 Å². The largest absolute Gasteiger partial charge is 0.457 e. The van der Waals surface area contributed by atoms with Crippen LogP contribution in [0, 0.1) is 0 Å². The molecule has 0 unspecified atom stereocenters. The molecule has 25 heavy (non-hydrogen) atoms. The Kier molecular flexibility index (Phi) is 7.16. The lowest BCUT2D eigenvalue weighted by Gasteiger charge is -2.23. The lowest BCUT2D eigenvalue weighted by molar-refractivity contribution is 0.228. The fourth-order valence-corrected chi connectivity index (χ4v) is 3.63. The maximum Gasteiger partial charge on any atom is 0.352 e. The molecule has 2 aromatic rings. The minimum Gasteiger partial charge on any atom is -0.457 e. The van der Waals surface area contributed by atoms with Crippen molar-refractivity contribution >= 4 is 7.60 Å². The van der Waals surface area contributed by atoms with Crippen molar-refractivity contribution in [3.8, 4) is 11.5 Å². The molecule has 2 N–H and O–H groups in total. The highest BCUT2D eigenvalue weighted by atomic mass is 31.2. The second kappa shape index (κ2) is 9.35. The van der Waals surface area contributed by atoms with Crippen molar-refractivity contribution in [3.63, 3.8) is 0 Å². The average molecular weight is 359 g/mol. The van der Waals surface area contributed by atoms with E-state index in [0.717, 1.165) is 0 Å². The fraction of sp³-hybridized carbons (Fsp3) is 0.158. The first-order valence-electron chi connectivity index (χ1n) is 7.78. The van der Waals surface area contributed by atoms with Crippen LogP contribution >= 0.6 is 7.60 Å². The summed E-state index contributed by atoms with van der Waals surface area (Å²) in [6.45, 7) is 7.25. The van der Waals surface area contributed by atoms with Gasteiger partial charge in [-0.2, -0.15) is 0 Å². The molecule has 5 nitrogen and oxygen atoms in total. The molecule has 2 rings (SSSR count). The summed E-state index contributed by atoms with van der Waals surface area (Å²) in [6.07, 6.45) is 2.98. The molecule has 0 fully saturated rings. The van der Waals surface area contributed by atoms with E-state index in [4.69, 9.17) is 19.5 Å². The molecular weight excluding hydrogens is 337 g/mol. The highest BCUT2D eigenvalue weighted by Crippen LogP contribution is 2.58. The van der Waals surface area contributed by atoms with E-state index in [-0.39, 0.29) is 13.2 Å². The third kappa shape index (κ3) is 5.41. The van der Waals surface area contributed by atoms with Gasteiger partial charge >= 0.3 is 7.60 Å². The van der Waals surface area contributed by atoms with Gasteiger partial charge in [0.25, 0.3) is 0 Å². The third-order valence-corrected chi connectivity index (χ3v) is 5.26. The molecule has 0 aromatic heterocycles. The zero-order valence-corrected chi connectivity index (χ0v) is 14.8. The molecule has 0 heterocycles. The van der Waals surface area contributed by atoms with Crippen LogP contribution in [0.2, 0.25) is 0 Å². The molecule has 0 aliphatic heterocycles. The summed E-state index contributed by atoms with van der Waals surface area (Å²) in [7, 11) is -3.59. The maximum absolute atomic E-state index is 13.0. The van der Waals surface area contributed by atoms with E-state index >= 15 is 0 Å². The summed E-state index contributed by atoms with van der Waals surface area (Å²) in [4.78, 5) is 0. The van der Waals surface area contributed by atoms with Gasteiger partial charge < -0.3 is 19.5 Å². The van der Waals surface area contributed by atoms with Gasteiger partial charge in [-0.15, -0.1) is 13.2 Å². The van der Waals surface area contributed by atoms with Gasteiger partial charge in [0.2, 0.25) is 0 Å². The summed E-state index contributed by atoms with van der Waals surface area (Å²) in [6, 6.07) is 16.4. The zero-order chi connectivity index (χ0) is 18.1. The minimum absolute atomic E-state index is 0.0718. The molecule has 0 radical (unpaired) electrons. The molecule has 1 atom stereocenters. The van der Waals surface area contributed by atoms with E-state index in [0.29, 0.717) is 17.1 Å². The number of benzene rings is 2. The lowest BCUT2D eigenvalue weighted by Crippen LogP contribution is -2.15. The Morgan fingerprint density at radius 3 is 2.16 bits per heavy atom. The van der Waals surface area contributed by atoms with Gasteiger partial charge in [0, 0.05) is 0 Å². The molecule has 2 aromatic carbocycles. The number of ether oxygens (including phenoxy) is 1. The smallest absolute Gasteiger partial charge is 0.352 e. The number of hydrogen-bond donors (Lipinski definition) is 1. The monoisotopic (exact) mass is 359 g/mol. The van der Waals surface area contributed by atoms with Crippen LogP contribution < -0.4 is 10.5 Å². The number of rotatable bonds is 10. The Bertz CT molecular complexity index is 732. The van der Waals surface area contributed by atoms with E-state index in [1.54, 1.807) is 24.3 Å². The summed E-state index contributed by atoms with van der Waals surface area (Å²) in [5, 5.41) is 0. The number of nitrogens with two attached hydrogens (primary N) is 1. The van der Waals surface area contributed by atoms with Crippen LogP contribution in [0.5, 0.6) is 11.5 Å². The van der Waals surface area contributed by atoms with Crippen LogP contribution in [-0.4, -0.2) is 13.2 Å². The maximum atomic E-state index is 13.0. The van der Waals surface area contributed by atoms with Crippen molar-refractivity contribution in [2.45, 2.75) is 5.78 Å². The third-order valence-electron chi connectivity index (χ3n) is 3.26. The quantitative estimate of drug-likeness (QED) is 0.476. The molecule has 0 bridgehead atoms. The normalized spacial score (nSPS) is 12.4. The van der Waals surface area contributed by atoms with Gasteiger partial charge in [0.15, 0.2) is 0 Å². The zero-order valence-electron chi connectivity index (χ0n) is 13.9. The minimum atomic E-state index is -3.59. The van der Waals surface area contributed by atoms with E-state index in [2.05, 4.69) is 13.2 Å². The van der Waals surface area contributed by atoms with Crippen LogP contribution in [0.1, 0.15) is 11.3 Å². The molecule has 0 amide bonds. The van der Waals surface area contributed by atoms with Crippen molar-refractivity contribution in [1.82, 2.24) is 0 Å². The molecule has 0 spiro atoms. The van der Waals surface area contributed by atoms with Crippen molar-refractivity contribution in [2.75, 3.05) is 13.2 Å². The van der Waals surface area contributed by atoms with Gasteiger partial charge in [-0.1, -0.05) is 42.5 Å². The van der Waals surface area contributed by atoms with Crippen LogP contribution in [0.25, 0.3) is 0 Å². The van der Waals surface area contributed by atoms with Crippen molar-refractivity contribution in [3.05, 3.63) is 85.5 Å². The Hall–Kier alpha value is -2.17. The Morgan fingerprint density at radius 2 is 1.56 bits per heavy atom. The molecular formula is C19H22NO4P. The van der Waals surface area contributed by atoms with E-state index in [9.17, 15) is 4.57 Å². The number of para-hydroxylation sites is 1. The van der Waals surface area contributed by atoms with Crippen molar-refractivity contribution in [1.29, 1.82) is 0 Å². The summed E-state index contributed by atoms with van der Waals surface area (Å²) >= 11 is 0. The standard InChI is InChI=1S/C19H22NO4P/c1-3-13-22-25(21,23-14-4-2)19(20)16-9-8-12-18(15-16)24-17-10-6-5-7-11-17/h3-12,15,19H,1-2,13-14,20H2/t19-/m0/s1. The van der Waals surface area contributed by atoms with Crippen LogP contribution in [-0.2, 0) is 13.6 Å². The molecule has 0 saturated heterocycles. The molecule has 132 valence electrons. The predicted molar refractivity (Wildman–Crippen MR) is 99.8 cm³/mol. The SMILES string of the molecule is C=CCOP(=O)(OCC=C)[C@H](N)c1cccc(Oc2ccccc2)c1. The molecule has 0 aliphatic rings. The first-order chi connectivity index (χ1) is 12.1. The Morgan fingerprint density at radius 1 is 0.960 bits per heavy atom. The van der Waals surface area contributed by atoms with Gasteiger partial charge in [-0.05, 0) is 29.8 Å². The van der Waals surface area contributed by atoms with Gasteiger partial charge in [0.05, 0.1) is 13.2 Å². The van der Waals surface area contributed by atoms with Gasteiger partial charge in [-0.25, -0.2) is 0 Å². The van der Waals surface area contributed by atoms with E-state index in [1.165, 1.54) is 12.2 Å². The summed E-state index contributed by atoms with van der Waals surface area (Å²) < 4.78 is 29.5. The molecule has 0 aliphatic carbocycles. The Balaban J connectivity index is 2.22. The lowest BCUT2D eigenvalue weighted by atomic mass is 10.2. The number of hydrogen-bond acceptors (Lipinski definition) is 5. The van der Waals surface area contributed by atoms with Crippen LogP contribution in [0.4, 0.5) is 0 Å². The second-order valence-corrected chi connectivity index (χ2v) is 7.29. The van der Waals surface area contributed by atoms with Crippen LogP contribution in [0.3, 0.4) is 0 Å². The van der Waals surface area contributed by atoms with Crippen LogP contribution in [0.15, 0.2) is 79.9 Å². The van der Waals surface area contributed by atoms with Crippen molar-refractivity contribution < 1.29 is 18.3 Å². The van der Waals surface area contributed by atoms with Gasteiger partial charge in [-0.3, -0.25) is 4.57 Å². The topological polar surface area (TPSA) is 70.8 Å². The highest BCUT2D eigenvalue weighted by molar-refractivity contribution is 7.54. The summed E-state index contributed by atoms with van der Waals surface area (Å²) in [5.74, 6) is 0.326. The Labute approximate surface area is 148 Å². The predicted octanol–water partition coefficient (Wildman–Crippen LogP) is 5.03. The first-order valence-corrected chi connectivity index (χ1v) is 9.39. The average Bonchev–Trinajstić information content (AvgIpc) is 2.65. The van der Waals surface area contributed by atoms with E-state index < -0.39 is 13.4 Å².